The molecule has 0 saturated carbocycles. The summed E-state index contributed by atoms with van der Waals surface area (Å²) >= 11 is 11.9. The van der Waals surface area contributed by atoms with Crippen molar-refractivity contribution in [2.45, 2.75) is 6.92 Å². The molecule has 0 fully saturated rings. The fourth-order valence-electron chi connectivity index (χ4n) is 1.82. The number of benzene rings is 1. The zero-order valence-electron chi connectivity index (χ0n) is 10.2. The van der Waals surface area contributed by atoms with E-state index in [2.05, 4.69) is 9.97 Å². The van der Waals surface area contributed by atoms with Gasteiger partial charge in [0, 0.05) is 17.2 Å². The van der Waals surface area contributed by atoms with Crippen LogP contribution in [0.5, 0.6) is 0 Å². The summed E-state index contributed by atoms with van der Waals surface area (Å²) in [6.07, 6.45) is 0. The molecule has 0 atom stereocenters. The summed E-state index contributed by atoms with van der Waals surface area (Å²) in [6.45, 7) is 1.65. The molecule has 1 heterocycles. The normalized spacial score (nSPS) is 10.6. The van der Waals surface area contributed by atoms with Crippen LogP contribution in [0.4, 0.5) is 17.5 Å². The summed E-state index contributed by atoms with van der Waals surface area (Å²) < 4.78 is 0. The number of nitrogens with zero attached hydrogens (tertiary/aromatic N) is 3. The number of nitro groups is 1. The molecule has 0 radical (unpaired) electrons. The second-order valence-corrected chi connectivity index (χ2v) is 4.78. The molecule has 7 nitrogen and oxygen atoms in total. The van der Waals surface area contributed by atoms with Gasteiger partial charge in [-0.2, -0.15) is 4.98 Å². The first-order valence-electron chi connectivity index (χ1n) is 5.34. The minimum absolute atomic E-state index is 0.0170. The molecule has 2 rings (SSSR count). The fourth-order valence-corrected chi connectivity index (χ4v) is 2.37. The largest absolute Gasteiger partial charge is 0.383 e. The third kappa shape index (κ3) is 2.45. The lowest BCUT2D eigenvalue weighted by atomic mass is 10.0. The van der Waals surface area contributed by atoms with Crippen LogP contribution in [0, 0.1) is 17.0 Å². The monoisotopic (exact) mass is 313 g/mol. The van der Waals surface area contributed by atoms with Gasteiger partial charge in [0.15, 0.2) is 0 Å². The first-order chi connectivity index (χ1) is 9.31. The van der Waals surface area contributed by atoms with Gasteiger partial charge in [0.2, 0.25) is 5.95 Å². The summed E-state index contributed by atoms with van der Waals surface area (Å²) in [7, 11) is 0. The number of anilines is 2. The van der Waals surface area contributed by atoms with E-state index in [1.807, 2.05) is 0 Å². The zero-order chi connectivity index (χ0) is 15.0. The van der Waals surface area contributed by atoms with Crippen LogP contribution >= 0.6 is 23.2 Å². The Morgan fingerprint density at radius 2 is 1.85 bits per heavy atom. The van der Waals surface area contributed by atoms with Gasteiger partial charge in [-0.3, -0.25) is 10.1 Å². The van der Waals surface area contributed by atoms with Crippen molar-refractivity contribution < 1.29 is 4.92 Å². The molecule has 4 N–H and O–H groups in total. The lowest BCUT2D eigenvalue weighted by Gasteiger charge is -2.11. The molecular weight excluding hydrogens is 305 g/mol. The van der Waals surface area contributed by atoms with Crippen molar-refractivity contribution in [1.82, 2.24) is 9.97 Å². The highest BCUT2D eigenvalue weighted by Gasteiger charge is 2.20. The van der Waals surface area contributed by atoms with Gasteiger partial charge >= 0.3 is 0 Å². The molecule has 2 aromatic rings. The van der Waals surface area contributed by atoms with Crippen LogP contribution in [-0.4, -0.2) is 14.9 Å². The Morgan fingerprint density at radius 1 is 1.20 bits per heavy atom. The number of nitrogen functional groups attached to an aromatic ring is 2. The Morgan fingerprint density at radius 3 is 2.40 bits per heavy atom. The average Bonchev–Trinajstić information content (AvgIpc) is 2.29. The third-order valence-electron chi connectivity index (χ3n) is 2.64. The molecule has 0 saturated heterocycles. The van der Waals surface area contributed by atoms with Crippen LogP contribution in [0.2, 0.25) is 10.0 Å². The van der Waals surface area contributed by atoms with E-state index in [1.54, 1.807) is 6.92 Å². The molecule has 20 heavy (non-hydrogen) atoms. The smallest absolute Gasteiger partial charge is 0.288 e. The Hall–Kier alpha value is -2.12. The number of hydrogen-bond donors (Lipinski definition) is 2. The lowest BCUT2D eigenvalue weighted by Crippen LogP contribution is -2.05. The summed E-state index contributed by atoms with van der Waals surface area (Å²) in [5.74, 6) is 0.108. The molecule has 9 heteroatoms. The van der Waals surface area contributed by atoms with Gasteiger partial charge in [0.05, 0.1) is 15.6 Å². The SMILES string of the molecule is Cc1nc(N)nc(N)c1-c1cc([N+](=O)[O-])c(Cl)cc1Cl. The zero-order valence-corrected chi connectivity index (χ0v) is 11.7. The summed E-state index contributed by atoms with van der Waals surface area (Å²) in [6, 6.07) is 2.52. The number of nitro benzene ring substituents is 1. The molecule has 0 aliphatic carbocycles. The van der Waals surface area contributed by atoms with Crippen molar-refractivity contribution >= 4 is 40.7 Å². The van der Waals surface area contributed by atoms with E-state index in [0.717, 1.165) is 0 Å². The van der Waals surface area contributed by atoms with Crippen LogP contribution in [0.1, 0.15) is 5.69 Å². The molecule has 1 aromatic heterocycles. The minimum Gasteiger partial charge on any atom is -0.383 e. The first-order valence-corrected chi connectivity index (χ1v) is 6.10. The Kier molecular flexibility index (Phi) is 3.65. The van der Waals surface area contributed by atoms with E-state index in [-0.39, 0.29) is 27.5 Å². The predicted molar refractivity (Wildman–Crippen MR) is 77.7 cm³/mol. The van der Waals surface area contributed by atoms with E-state index in [9.17, 15) is 10.1 Å². The first kappa shape index (κ1) is 14.3. The minimum atomic E-state index is -0.605. The molecule has 0 aliphatic rings. The van der Waals surface area contributed by atoms with Crippen LogP contribution < -0.4 is 11.5 Å². The number of aromatic nitrogens is 2. The van der Waals surface area contributed by atoms with Crippen LogP contribution in [0.15, 0.2) is 12.1 Å². The highest BCUT2D eigenvalue weighted by Crippen LogP contribution is 2.39. The number of aryl methyl sites for hydroxylation is 1. The van der Waals surface area contributed by atoms with Crippen molar-refractivity contribution in [3.63, 3.8) is 0 Å². The number of hydrogen-bond acceptors (Lipinski definition) is 6. The van der Waals surface area contributed by atoms with Crippen molar-refractivity contribution in [3.8, 4) is 11.1 Å². The third-order valence-corrected chi connectivity index (χ3v) is 3.25. The van der Waals surface area contributed by atoms with Gasteiger partial charge in [-0.05, 0) is 13.0 Å². The van der Waals surface area contributed by atoms with Gasteiger partial charge < -0.3 is 11.5 Å². The maximum Gasteiger partial charge on any atom is 0.288 e. The van der Waals surface area contributed by atoms with E-state index >= 15 is 0 Å². The van der Waals surface area contributed by atoms with Crippen molar-refractivity contribution in [2.24, 2.45) is 0 Å². The molecule has 0 unspecified atom stereocenters. The maximum absolute atomic E-state index is 10.9. The second kappa shape index (κ2) is 5.10. The van der Waals surface area contributed by atoms with Crippen LogP contribution in [0.25, 0.3) is 11.1 Å². The molecule has 0 amide bonds. The second-order valence-electron chi connectivity index (χ2n) is 3.97. The summed E-state index contributed by atoms with van der Waals surface area (Å²) in [5, 5.41) is 11.1. The maximum atomic E-state index is 10.9. The molecule has 1 aromatic carbocycles. The van der Waals surface area contributed by atoms with Gasteiger partial charge in [-0.1, -0.05) is 23.2 Å². The average molecular weight is 314 g/mol. The van der Waals surface area contributed by atoms with Gasteiger partial charge in [0.25, 0.3) is 5.69 Å². The molecule has 104 valence electrons. The van der Waals surface area contributed by atoms with Gasteiger partial charge in [0.1, 0.15) is 10.8 Å². The lowest BCUT2D eigenvalue weighted by molar-refractivity contribution is -0.384. The number of rotatable bonds is 2. The summed E-state index contributed by atoms with van der Waals surface area (Å²) in [5.41, 5.74) is 12.2. The Bertz CT molecular complexity index is 697. The Labute approximate surface area is 123 Å². The van der Waals surface area contributed by atoms with Crippen LogP contribution in [0.3, 0.4) is 0 Å². The van der Waals surface area contributed by atoms with E-state index in [0.29, 0.717) is 16.8 Å². The molecule has 0 bridgehead atoms. The van der Waals surface area contributed by atoms with E-state index in [1.165, 1.54) is 12.1 Å². The predicted octanol–water partition coefficient (Wildman–Crippen LogP) is 2.83. The number of halogens is 2. The molecule has 0 aliphatic heterocycles. The van der Waals surface area contributed by atoms with Crippen molar-refractivity contribution in [1.29, 1.82) is 0 Å². The topological polar surface area (TPSA) is 121 Å². The Balaban J connectivity index is 2.76. The standard InChI is InChI=1S/C11H9Cl2N5O2/c1-4-9(10(14)17-11(15)16-4)5-2-8(18(19)20)7(13)3-6(5)12/h2-3H,1H3,(H4,14,15,16,17). The van der Waals surface area contributed by atoms with Crippen molar-refractivity contribution in [3.05, 3.63) is 38.0 Å². The molecular formula is C11H9Cl2N5O2. The van der Waals surface area contributed by atoms with Gasteiger partial charge in [-0.25, -0.2) is 4.98 Å². The molecule has 0 spiro atoms. The quantitative estimate of drug-likeness (QED) is 0.649. The highest BCUT2D eigenvalue weighted by molar-refractivity contribution is 6.37. The van der Waals surface area contributed by atoms with Crippen molar-refractivity contribution in [2.75, 3.05) is 11.5 Å². The fraction of sp³-hybridized carbons (Fsp3) is 0.0909. The van der Waals surface area contributed by atoms with E-state index < -0.39 is 4.92 Å². The van der Waals surface area contributed by atoms with E-state index in [4.69, 9.17) is 34.7 Å². The van der Waals surface area contributed by atoms with Gasteiger partial charge in [-0.15, -0.1) is 0 Å². The highest BCUT2D eigenvalue weighted by atomic mass is 35.5. The summed E-state index contributed by atoms with van der Waals surface area (Å²) in [4.78, 5) is 18.1. The van der Waals surface area contributed by atoms with Crippen LogP contribution in [-0.2, 0) is 0 Å². The number of nitrogens with two attached hydrogens (primary N) is 2.